The van der Waals surface area contributed by atoms with Gasteiger partial charge in [-0.25, -0.2) is 0 Å². The summed E-state index contributed by atoms with van der Waals surface area (Å²) in [6.07, 6.45) is -4.16. The van der Waals surface area contributed by atoms with Crippen molar-refractivity contribution in [2.75, 3.05) is 0 Å². The van der Waals surface area contributed by atoms with Gasteiger partial charge < -0.3 is 4.42 Å². The monoisotopic (exact) mass is 366 g/mol. The van der Waals surface area contributed by atoms with E-state index in [1.165, 1.54) is 24.3 Å². The fourth-order valence-corrected chi connectivity index (χ4v) is 3.04. The maximum Gasteiger partial charge on any atom is 0.416 e. The van der Waals surface area contributed by atoms with Crippen LogP contribution < -0.4 is 10.9 Å². The van der Waals surface area contributed by atoms with Gasteiger partial charge in [0, 0.05) is 5.92 Å². The van der Waals surface area contributed by atoms with Crippen molar-refractivity contribution in [2.24, 2.45) is 5.92 Å². The molecular weight excluding hydrogens is 349 g/mol. The molecule has 138 valence electrons. The van der Waals surface area contributed by atoms with Gasteiger partial charge in [-0.2, -0.15) is 13.2 Å². The molecule has 0 bridgehead atoms. The lowest BCUT2D eigenvalue weighted by molar-refractivity contribution is -0.138. The molecule has 1 aromatic carbocycles. The Morgan fingerprint density at radius 2 is 1.85 bits per heavy atom. The second-order valence-electron chi connectivity index (χ2n) is 6.30. The number of amides is 2. The number of benzene rings is 1. The molecule has 1 aromatic heterocycles. The van der Waals surface area contributed by atoms with Gasteiger partial charge in [0.2, 0.25) is 5.91 Å². The Balaban J connectivity index is 1.62. The lowest BCUT2D eigenvalue weighted by Gasteiger charge is -2.12. The number of carbonyl (C=O) groups excluding carboxylic acids is 2. The highest BCUT2D eigenvalue weighted by Gasteiger charge is 2.47. The first kappa shape index (κ1) is 18.0. The molecule has 2 atom stereocenters. The molecular formula is C18H17F3N2O3. The predicted octanol–water partition coefficient (Wildman–Crippen LogP) is 3.48. The van der Waals surface area contributed by atoms with Crippen molar-refractivity contribution in [3.63, 3.8) is 0 Å². The van der Waals surface area contributed by atoms with Gasteiger partial charge in [0.25, 0.3) is 5.91 Å². The number of aryl methyl sites for hydroxylation is 2. The molecule has 2 unspecified atom stereocenters. The van der Waals surface area contributed by atoms with E-state index in [2.05, 4.69) is 10.9 Å². The number of hydrazine groups is 1. The van der Waals surface area contributed by atoms with Gasteiger partial charge in [-0.05, 0) is 43.9 Å². The summed E-state index contributed by atoms with van der Waals surface area (Å²) in [5.41, 5.74) is 4.21. The van der Waals surface area contributed by atoms with E-state index >= 15 is 0 Å². The van der Waals surface area contributed by atoms with Gasteiger partial charge in [-0.1, -0.05) is 18.2 Å². The van der Waals surface area contributed by atoms with E-state index in [0.29, 0.717) is 17.9 Å². The highest BCUT2D eigenvalue weighted by Crippen LogP contribution is 2.50. The largest absolute Gasteiger partial charge is 0.466 e. The molecule has 2 N–H and O–H groups in total. The normalized spacial score (nSPS) is 19.1. The molecule has 1 fully saturated rings. The Kier molecular flexibility index (Phi) is 4.52. The first-order valence-corrected chi connectivity index (χ1v) is 8.02. The van der Waals surface area contributed by atoms with Gasteiger partial charge in [-0.15, -0.1) is 0 Å². The Bertz CT molecular complexity index is 858. The first-order chi connectivity index (χ1) is 12.2. The van der Waals surface area contributed by atoms with Crippen LogP contribution in [0.2, 0.25) is 0 Å². The molecule has 0 saturated heterocycles. The summed E-state index contributed by atoms with van der Waals surface area (Å²) in [5, 5.41) is 0. The third kappa shape index (κ3) is 3.58. The van der Waals surface area contributed by atoms with Crippen LogP contribution in [0.15, 0.2) is 34.7 Å². The molecule has 1 aliphatic carbocycles. The fraction of sp³-hybridized carbons (Fsp3) is 0.333. The number of furan rings is 1. The number of carbonyl (C=O) groups is 2. The zero-order chi connectivity index (χ0) is 19.1. The van der Waals surface area contributed by atoms with Crippen LogP contribution in [0.4, 0.5) is 13.2 Å². The lowest BCUT2D eigenvalue weighted by atomic mass is 10.0. The average Bonchev–Trinajstić information content (AvgIpc) is 3.30. The van der Waals surface area contributed by atoms with Crippen LogP contribution in [0.1, 0.15) is 45.3 Å². The van der Waals surface area contributed by atoms with E-state index < -0.39 is 35.4 Å². The number of rotatable bonds is 3. The number of hydrogen-bond donors (Lipinski definition) is 2. The van der Waals surface area contributed by atoms with Crippen molar-refractivity contribution in [3.05, 3.63) is 58.5 Å². The van der Waals surface area contributed by atoms with Crippen molar-refractivity contribution in [1.82, 2.24) is 10.9 Å². The third-order valence-electron chi connectivity index (χ3n) is 4.38. The summed E-state index contributed by atoms with van der Waals surface area (Å²) in [7, 11) is 0. The minimum atomic E-state index is -4.47. The highest BCUT2D eigenvalue weighted by molar-refractivity contribution is 5.96. The van der Waals surface area contributed by atoms with Crippen LogP contribution >= 0.6 is 0 Å². The van der Waals surface area contributed by atoms with E-state index in [1.54, 1.807) is 13.8 Å². The number of nitrogens with one attached hydrogen (secondary N) is 2. The van der Waals surface area contributed by atoms with Gasteiger partial charge in [0.05, 0.1) is 11.1 Å². The molecule has 5 nitrogen and oxygen atoms in total. The predicted molar refractivity (Wildman–Crippen MR) is 86.1 cm³/mol. The Labute approximate surface area is 147 Å². The summed E-state index contributed by atoms with van der Waals surface area (Å²) >= 11 is 0. The smallest absolute Gasteiger partial charge is 0.416 e. The lowest BCUT2D eigenvalue weighted by Crippen LogP contribution is -2.42. The fourth-order valence-electron chi connectivity index (χ4n) is 3.04. The molecule has 2 amide bonds. The summed E-state index contributed by atoms with van der Waals surface area (Å²) < 4.78 is 44.5. The van der Waals surface area contributed by atoms with E-state index in [1.807, 2.05) is 0 Å². The molecule has 1 heterocycles. The zero-order valence-electron chi connectivity index (χ0n) is 14.1. The Morgan fingerprint density at radius 3 is 2.46 bits per heavy atom. The van der Waals surface area contributed by atoms with Gasteiger partial charge >= 0.3 is 6.18 Å². The molecule has 0 aliphatic heterocycles. The molecule has 0 spiro atoms. The summed E-state index contributed by atoms with van der Waals surface area (Å²) in [4.78, 5) is 24.2. The first-order valence-electron chi connectivity index (χ1n) is 8.02. The van der Waals surface area contributed by atoms with Crippen LogP contribution in [-0.4, -0.2) is 11.8 Å². The van der Waals surface area contributed by atoms with Crippen molar-refractivity contribution < 1.29 is 27.2 Å². The minimum Gasteiger partial charge on any atom is -0.466 e. The van der Waals surface area contributed by atoms with Gasteiger partial charge in [-0.3, -0.25) is 20.4 Å². The summed E-state index contributed by atoms with van der Waals surface area (Å²) in [5.74, 6) is -1.20. The highest BCUT2D eigenvalue weighted by atomic mass is 19.4. The van der Waals surface area contributed by atoms with Crippen LogP contribution in [-0.2, 0) is 11.0 Å². The zero-order valence-corrected chi connectivity index (χ0v) is 14.1. The van der Waals surface area contributed by atoms with Gasteiger partial charge in [0.15, 0.2) is 0 Å². The second-order valence-corrected chi connectivity index (χ2v) is 6.30. The summed E-state index contributed by atoms with van der Waals surface area (Å²) in [6.45, 7) is 3.31. The number of alkyl halides is 3. The molecule has 1 aliphatic rings. The second kappa shape index (κ2) is 6.51. The Morgan fingerprint density at radius 1 is 1.15 bits per heavy atom. The van der Waals surface area contributed by atoms with Crippen LogP contribution in [0.3, 0.4) is 0 Å². The standard InChI is InChI=1S/C18H17F3N2O3/c1-9-7-12(10(2)26-9)16(24)22-23-17(25)14-8-13(14)11-5-3-4-6-15(11)18(19,20)21/h3-7,13-14H,8H2,1-2H3,(H,22,24)(H,23,25). The quantitative estimate of drug-likeness (QED) is 0.817. The van der Waals surface area contributed by atoms with Crippen molar-refractivity contribution in [3.8, 4) is 0 Å². The molecule has 1 saturated carbocycles. The maximum absolute atomic E-state index is 13.1. The molecule has 0 radical (unpaired) electrons. The Hall–Kier alpha value is -2.77. The van der Waals surface area contributed by atoms with E-state index in [9.17, 15) is 22.8 Å². The number of halogens is 3. The molecule has 8 heteroatoms. The van der Waals surface area contributed by atoms with Gasteiger partial charge in [0.1, 0.15) is 11.5 Å². The van der Waals surface area contributed by atoms with Crippen LogP contribution in [0.5, 0.6) is 0 Å². The van der Waals surface area contributed by atoms with E-state index in [0.717, 1.165) is 6.07 Å². The van der Waals surface area contributed by atoms with Crippen LogP contribution in [0, 0.1) is 19.8 Å². The van der Waals surface area contributed by atoms with Crippen molar-refractivity contribution >= 4 is 11.8 Å². The molecule has 26 heavy (non-hydrogen) atoms. The van der Waals surface area contributed by atoms with Crippen LogP contribution in [0.25, 0.3) is 0 Å². The summed E-state index contributed by atoms with van der Waals surface area (Å²) in [6, 6.07) is 6.77. The van der Waals surface area contributed by atoms with Crippen molar-refractivity contribution in [1.29, 1.82) is 0 Å². The molecule has 3 rings (SSSR count). The topological polar surface area (TPSA) is 71.3 Å². The molecule has 2 aromatic rings. The minimum absolute atomic E-state index is 0.104. The maximum atomic E-state index is 13.1. The average molecular weight is 366 g/mol. The van der Waals surface area contributed by atoms with E-state index in [4.69, 9.17) is 4.42 Å². The van der Waals surface area contributed by atoms with Crippen molar-refractivity contribution in [2.45, 2.75) is 32.4 Å². The van der Waals surface area contributed by atoms with E-state index in [-0.39, 0.29) is 11.1 Å². The number of hydrogen-bond acceptors (Lipinski definition) is 3. The third-order valence-corrected chi connectivity index (χ3v) is 4.38. The SMILES string of the molecule is Cc1cc(C(=O)NNC(=O)C2CC2c2ccccc2C(F)(F)F)c(C)o1.